The molecular weight excluding hydrogens is 799 g/mol. The van der Waals surface area contributed by atoms with Gasteiger partial charge >= 0.3 is 30.0 Å². The van der Waals surface area contributed by atoms with Crippen LogP contribution in [-0.2, 0) is 86.4 Å². The van der Waals surface area contributed by atoms with Gasteiger partial charge < -0.3 is 52.7 Å². The summed E-state index contributed by atoms with van der Waals surface area (Å²) in [7, 11) is 1.35. The zero-order valence-electron chi connectivity index (χ0n) is 33.3. The van der Waals surface area contributed by atoms with Crippen molar-refractivity contribution in [3.05, 3.63) is 108 Å². The number of alkyl halides is 3. The summed E-state index contributed by atoms with van der Waals surface area (Å²) in [6.45, 7) is 2.40. The van der Waals surface area contributed by atoms with Crippen molar-refractivity contribution in [1.82, 2.24) is 5.32 Å². The number of hydrogen-bond acceptors (Lipinski definition) is 14. The number of methoxy groups -OCH3 is 1. The SMILES string of the molecule is CO[C@H]1O[C@H](COCc2ccccc2)[C@@H](OCc2ccccc2)[C@H](O[C@@H]2O[C@H](COC(C)=O)[C@@H](OC(C)=O)[C@H](OC(C)=O)[C@H]2NC(=O)C(F)(F)F)[C@H]1OCc1ccccc1. The molecular formula is C42H48F3NO14. The third-order valence-electron chi connectivity index (χ3n) is 9.34. The van der Waals surface area contributed by atoms with Crippen molar-refractivity contribution in [2.45, 2.75) is 108 Å². The summed E-state index contributed by atoms with van der Waals surface area (Å²) in [4.78, 5) is 49.6. The van der Waals surface area contributed by atoms with E-state index >= 15 is 0 Å². The molecule has 0 bridgehead atoms. The maximum atomic E-state index is 14.0. The Morgan fingerprint density at radius 2 is 1.08 bits per heavy atom. The summed E-state index contributed by atoms with van der Waals surface area (Å²) in [6.07, 6.45) is -18.5. The van der Waals surface area contributed by atoms with Crippen molar-refractivity contribution in [1.29, 1.82) is 0 Å². The third kappa shape index (κ3) is 13.3. The van der Waals surface area contributed by atoms with Gasteiger partial charge in [0.15, 0.2) is 24.8 Å². The average Bonchev–Trinajstić information content (AvgIpc) is 3.21. The topological polar surface area (TPSA) is 173 Å². The summed E-state index contributed by atoms with van der Waals surface area (Å²) in [5.74, 6) is -5.22. The molecule has 0 saturated carbocycles. The van der Waals surface area contributed by atoms with E-state index in [1.807, 2.05) is 59.9 Å². The van der Waals surface area contributed by atoms with Crippen LogP contribution in [-0.4, -0.2) is 112 Å². The van der Waals surface area contributed by atoms with Crippen LogP contribution in [0.3, 0.4) is 0 Å². The van der Waals surface area contributed by atoms with E-state index in [-0.39, 0.29) is 26.4 Å². The lowest BCUT2D eigenvalue weighted by atomic mass is 9.94. The molecule has 60 heavy (non-hydrogen) atoms. The molecule has 3 aromatic carbocycles. The molecule has 0 spiro atoms. The lowest BCUT2D eigenvalue weighted by Crippen LogP contribution is -2.70. The lowest BCUT2D eigenvalue weighted by molar-refractivity contribution is -0.358. The summed E-state index contributed by atoms with van der Waals surface area (Å²) in [6, 6.07) is 25.4. The van der Waals surface area contributed by atoms with Crippen LogP contribution in [0, 0.1) is 0 Å². The maximum absolute atomic E-state index is 14.0. The minimum atomic E-state index is -5.44. The second-order valence-electron chi connectivity index (χ2n) is 13.9. The molecule has 2 saturated heterocycles. The normalized spacial score (nSPS) is 26.7. The van der Waals surface area contributed by atoms with Gasteiger partial charge in [-0.3, -0.25) is 19.2 Å². The van der Waals surface area contributed by atoms with E-state index in [9.17, 15) is 32.3 Å². The van der Waals surface area contributed by atoms with Crippen molar-refractivity contribution in [3.63, 3.8) is 0 Å². The lowest BCUT2D eigenvalue weighted by Gasteiger charge is -2.49. The highest BCUT2D eigenvalue weighted by atomic mass is 19.4. The van der Waals surface area contributed by atoms with Gasteiger partial charge in [-0.25, -0.2) is 0 Å². The number of carbonyl (C=O) groups is 4. The number of hydrogen-bond donors (Lipinski definition) is 1. The number of halogens is 3. The minimum absolute atomic E-state index is 0.0214. The standard InChI is InChI=1S/C42H48F3NO14/c1-25(47)53-24-32-35(56-26(2)48)36(57-27(3)49)33(46-41(50)42(43,44)45)39(58-32)60-37-34(54-21-29-16-10-6-11-17-29)31(23-52-20-28-14-8-5-9-15-28)59-40(51-4)38(37)55-22-30-18-12-7-13-19-30/h5-19,31-40H,20-24H2,1-4H3,(H,46,50)/t31-,32-,33-,34-,35-,36-,37+,38-,39+,40+/m1/s1. The summed E-state index contributed by atoms with van der Waals surface area (Å²) < 4.78 is 102. The monoisotopic (exact) mass is 847 g/mol. The van der Waals surface area contributed by atoms with Gasteiger partial charge in [-0.1, -0.05) is 91.0 Å². The second-order valence-corrected chi connectivity index (χ2v) is 13.9. The zero-order valence-corrected chi connectivity index (χ0v) is 33.3. The first-order valence-corrected chi connectivity index (χ1v) is 19.0. The van der Waals surface area contributed by atoms with Crippen LogP contribution in [0.2, 0.25) is 0 Å². The van der Waals surface area contributed by atoms with Gasteiger partial charge in [0.25, 0.3) is 0 Å². The summed E-state index contributed by atoms with van der Waals surface area (Å²) >= 11 is 0. The largest absolute Gasteiger partial charge is 0.471 e. The number of nitrogens with one attached hydrogen (secondary N) is 1. The molecule has 0 radical (unpaired) electrons. The number of amides is 1. The fraction of sp³-hybridized carbons (Fsp3) is 0.476. The molecule has 1 amide bonds. The van der Waals surface area contributed by atoms with Crippen LogP contribution >= 0.6 is 0 Å². The number of ether oxygens (including phenoxy) is 10. The summed E-state index contributed by atoms with van der Waals surface area (Å²) in [5, 5.41) is 1.82. The number of esters is 3. The van der Waals surface area contributed by atoms with E-state index < -0.39 is 97.9 Å². The fourth-order valence-electron chi connectivity index (χ4n) is 6.70. The average molecular weight is 848 g/mol. The Labute approximate surface area is 344 Å². The van der Waals surface area contributed by atoms with Gasteiger partial charge in [0, 0.05) is 27.9 Å². The smallest absolute Gasteiger partial charge is 0.463 e. The molecule has 326 valence electrons. The van der Waals surface area contributed by atoms with Crippen molar-refractivity contribution in [2.75, 3.05) is 20.3 Å². The first-order chi connectivity index (χ1) is 28.7. The fourth-order valence-corrected chi connectivity index (χ4v) is 6.70. The van der Waals surface area contributed by atoms with Crippen molar-refractivity contribution in [2.24, 2.45) is 0 Å². The number of carbonyl (C=O) groups excluding carboxylic acids is 4. The first kappa shape index (κ1) is 46.1. The molecule has 0 unspecified atom stereocenters. The van der Waals surface area contributed by atoms with Crippen LogP contribution in [0.4, 0.5) is 13.2 Å². The highest BCUT2D eigenvalue weighted by molar-refractivity contribution is 5.82. The first-order valence-electron chi connectivity index (χ1n) is 19.0. The molecule has 15 nitrogen and oxygen atoms in total. The van der Waals surface area contributed by atoms with Crippen molar-refractivity contribution >= 4 is 23.8 Å². The van der Waals surface area contributed by atoms with Crippen LogP contribution < -0.4 is 5.32 Å². The van der Waals surface area contributed by atoms with Gasteiger partial charge in [-0.15, -0.1) is 0 Å². The molecule has 2 heterocycles. The maximum Gasteiger partial charge on any atom is 0.471 e. The molecule has 10 atom stereocenters. The Morgan fingerprint density at radius 3 is 1.58 bits per heavy atom. The minimum Gasteiger partial charge on any atom is -0.463 e. The predicted octanol–water partition coefficient (Wildman–Crippen LogP) is 4.33. The van der Waals surface area contributed by atoms with Gasteiger partial charge in [-0.05, 0) is 16.7 Å². The molecule has 1 N–H and O–H groups in total. The Bertz CT molecular complexity index is 1820. The van der Waals surface area contributed by atoms with Gasteiger partial charge in [0.2, 0.25) is 0 Å². The van der Waals surface area contributed by atoms with E-state index in [2.05, 4.69) is 0 Å². The molecule has 18 heteroatoms. The number of rotatable bonds is 18. The van der Waals surface area contributed by atoms with Crippen molar-refractivity contribution in [3.8, 4) is 0 Å². The Hall–Kier alpha value is -4.95. The third-order valence-corrected chi connectivity index (χ3v) is 9.34. The molecule has 0 aromatic heterocycles. The highest BCUT2D eigenvalue weighted by Gasteiger charge is 2.57. The summed E-state index contributed by atoms with van der Waals surface area (Å²) in [5.41, 5.74) is 2.32. The van der Waals surface area contributed by atoms with E-state index in [4.69, 9.17) is 47.4 Å². The van der Waals surface area contributed by atoms with Gasteiger partial charge in [0.1, 0.15) is 43.2 Å². The van der Waals surface area contributed by atoms with Crippen LogP contribution in [0.5, 0.6) is 0 Å². The van der Waals surface area contributed by atoms with Crippen molar-refractivity contribution < 1.29 is 79.7 Å². The van der Waals surface area contributed by atoms with E-state index in [1.54, 1.807) is 36.4 Å². The molecule has 5 rings (SSSR count). The molecule has 2 fully saturated rings. The predicted molar refractivity (Wildman–Crippen MR) is 201 cm³/mol. The van der Waals surface area contributed by atoms with Crippen LogP contribution in [0.1, 0.15) is 37.5 Å². The van der Waals surface area contributed by atoms with Gasteiger partial charge in [0.05, 0.1) is 26.4 Å². The Morgan fingerprint density at radius 1 is 0.600 bits per heavy atom. The zero-order chi connectivity index (χ0) is 43.2. The molecule has 0 aliphatic carbocycles. The Kier molecular flexibility index (Phi) is 17.0. The van der Waals surface area contributed by atoms with E-state index in [0.717, 1.165) is 37.5 Å². The molecule has 3 aromatic rings. The van der Waals surface area contributed by atoms with Crippen LogP contribution in [0.15, 0.2) is 91.0 Å². The van der Waals surface area contributed by atoms with Gasteiger partial charge in [-0.2, -0.15) is 13.2 Å². The van der Waals surface area contributed by atoms with E-state index in [1.165, 1.54) is 7.11 Å². The Balaban J connectivity index is 1.60. The molecule has 2 aliphatic heterocycles. The number of benzene rings is 3. The highest BCUT2D eigenvalue weighted by Crippen LogP contribution is 2.35. The van der Waals surface area contributed by atoms with E-state index in [0.29, 0.717) is 0 Å². The quantitative estimate of drug-likeness (QED) is 0.142. The molecule has 2 aliphatic rings. The second kappa shape index (κ2) is 22.1. The van der Waals surface area contributed by atoms with Crippen LogP contribution in [0.25, 0.3) is 0 Å².